The fraction of sp³-hybridized carbons (Fsp3) is 0.0588. The van der Waals surface area contributed by atoms with Crippen molar-refractivity contribution < 1.29 is 14.3 Å². The van der Waals surface area contributed by atoms with E-state index in [4.69, 9.17) is 0 Å². The second-order valence-corrected chi connectivity index (χ2v) is 4.77. The predicted molar refractivity (Wildman–Crippen MR) is 84.0 cm³/mol. The summed E-state index contributed by atoms with van der Waals surface area (Å²) in [5, 5.41) is 3.69. The Hall–Kier alpha value is -3.08. The van der Waals surface area contributed by atoms with E-state index in [0.29, 0.717) is 16.8 Å². The van der Waals surface area contributed by atoms with Crippen LogP contribution < -0.4 is 5.32 Å². The molecule has 110 valence electrons. The quantitative estimate of drug-likeness (QED) is 0.729. The Labute approximate surface area is 126 Å². The molecule has 0 atom stereocenters. The lowest BCUT2D eigenvalue weighted by Crippen LogP contribution is -2.12. The van der Waals surface area contributed by atoms with Gasteiger partial charge in [0.2, 0.25) is 0 Å². The maximum Gasteiger partial charge on any atom is 0.337 e. The number of ether oxygens (including phenoxy) is 1. The lowest BCUT2D eigenvalue weighted by atomic mass is 10.1. The van der Waals surface area contributed by atoms with E-state index in [-0.39, 0.29) is 5.91 Å². The molecule has 3 aromatic rings. The number of anilines is 1. The SMILES string of the molecule is COC(=O)c1ccc(NC(=O)c2cccc3[nH]ccc23)cc1. The third kappa shape index (κ3) is 2.56. The first kappa shape index (κ1) is 13.9. The molecule has 1 aromatic heterocycles. The summed E-state index contributed by atoms with van der Waals surface area (Å²) in [5.41, 5.74) is 2.56. The molecule has 0 aliphatic heterocycles. The summed E-state index contributed by atoms with van der Waals surface area (Å²) in [5.74, 6) is -0.606. The van der Waals surface area contributed by atoms with E-state index in [1.807, 2.05) is 18.2 Å². The van der Waals surface area contributed by atoms with Crippen molar-refractivity contribution in [2.24, 2.45) is 0 Å². The molecule has 0 spiro atoms. The largest absolute Gasteiger partial charge is 0.465 e. The minimum absolute atomic E-state index is 0.198. The Morgan fingerprint density at radius 3 is 2.55 bits per heavy atom. The van der Waals surface area contributed by atoms with Gasteiger partial charge in [-0.2, -0.15) is 0 Å². The Balaban J connectivity index is 1.82. The molecule has 5 nitrogen and oxygen atoms in total. The van der Waals surface area contributed by atoms with Crippen LogP contribution in [-0.4, -0.2) is 24.0 Å². The van der Waals surface area contributed by atoms with Crippen molar-refractivity contribution in [2.45, 2.75) is 0 Å². The first-order valence-corrected chi connectivity index (χ1v) is 6.75. The molecular formula is C17H14N2O3. The molecule has 3 rings (SSSR count). The minimum atomic E-state index is -0.407. The maximum atomic E-state index is 12.4. The van der Waals surface area contributed by atoms with Gasteiger partial charge >= 0.3 is 5.97 Å². The van der Waals surface area contributed by atoms with Gasteiger partial charge in [0.1, 0.15) is 0 Å². The highest BCUT2D eigenvalue weighted by molar-refractivity contribution is 6.12. The Kier molecular flexibility index (Phi) is 3.62. The Morgan fingerprint density at radius 2 is 1.82 bits per heavy atom. The van der Waals surface area contributed by atoms with E-state index >= 15 is 0 Å². The number of H-pyrrole nitrogens is 1. The number of carbonyl (C=O) groups is 2. The molecule has 2 N–H and O–H groups in total. The number of amides is 1. The van der Waals surface area contributed by atoms with E-state index in [1.54, 1.807) is 36.5 Å². The fourth-order valence-corrected chi connectivity index (χ4v) is 2.29. The van der Waals surface area contributed by atoms with Gasteiger partial charge in [-0.1, -0.05) is 6.07 Å². The van der Waals surface area contributed by atoms with Crippen molar-refractivity contribution in [3.8, 4) is 0 Å². The second kappa shape index (κ2) is 5.73. The molecule has 0 saturated carbocycles. The van der Waals surface area contributed by atoms with Gasteiger partial charge in [-0.15, -0.1) is 0 Å². The van der Waals surface area contributed by atoms with Crippen LogP contribution in [-0.2, 0) is 4.74 Å². The molecule has 0 radical (unpaired) electrons. The maximum absolute atomic E-state index is 12.4. The van der Waals surface area contributed by atoms with E-state index < -0.39 is 5.97 Å². The molecule has 1 amide bonds. The van der Waals surface area contributed by atoms with Crippen LogP contribution in [0.15, 0.2) is 54.7 Å². The number of aromatic amines is 1. The van der Waals surface area contributed by atoms with Crippen molar-refractivity contribution >= 4 is 28.5 Å². The molecule has 2 aromatic carbocycles. The second-order valence-electron chi connectivity index (χ2n) is 4.77. The average molecular weight is 294 g/mol. The minimum Gasteiger partial charge on any atom is -0.465 e. The molecule has 0 aliphatic carbocycles. The highest BCUT2D eigenvalue weighted by atomic mass is 16.5. The zero-order valence-electron chi connectivity index (χ0n) is 11.9. The van der Waals surface area contributed by atoms with Gasteiger partial charge in [0.15, 0.2) is 0 Å². The van der Waals surface area contributed by atoms with Gasteiger partial charge in [-0.05, 0) is 42.5 Å². The molecule has 0 saturated heterocycles. The van der Waals surface area contributed by atoms with Crippen molar-refractivity contribution in [2.75, 3.05) is 12.4 Å². The van der Waals surface area contributed by atoms with E-state index in [1.165, 1.54) is 7.11 Å². The predicted octanol–water partition coefficient (Wildman–Crippen LogP) is 3.21. The standard InChI is InChI=1S/C17H14N2O3/c1-22-17(21)11-5-7-12(8-6-11)19-16(20)14-3-2-4-15-13(14)9-10-18-15/h2-10,18H,1H3,(H,19,20). The lowest BCUT2D eigenvalue weighted by molar-refractivity contribution is 0.0600. The van der Waals surface area contributed by atoms with Gasteiger partial charge in [0, 0.05) is 28.4 Å². The fourth-order valence-electron chi connectivity index (χ4n) is 2.29. The number of methoxy groups -OCH3 is 1. The molecular weight excluding hydrogens is 280 g/mol. The lowest BCUT2D eigenvalue weighted by Gasteiger charge is -2.07. The number of nitrogens with one attached hydrogen (secondary N) is 2. The highest BCUT2D eigenvalue weighted by Gasteiger charge is 2.11. The number of hydrogen-bond donors (Lipinski definition) is 2. The number of aromatic nitrogens is 1. The van der Waals surface area contributed by atoms with Gasteiger partial charge in [-0.25, -0.2) is 4.79 Å². The van der Waals surface area contributed by atoms with Crippen LogP contribution in [0.1, 0.15) is 20.7 Å². The normalized spacial score (nSPS) is 10.4. The van der Waals surface area contributed by atoms with Gasteiger partial charge < -0.3 is 15.0 Å². The Bertz CT molecular complexity index is 834. The van der Waals surface area contributed by atoms with E-state index in [2.05, 4.69) is 15.0 Å². The molecule has 5 heteroatoms. The molecule has 0 fully saturated rings. The van der Waals surface area contributed by atoms with Crippen molar-refractivity contribution in [1.82, 2.24) is 4.98 Å². The molecule has 22 heavy (non-hydrogen) atoms. The molecule has 0 aliphatic rings. The Morgan fingerprint density at radius 1 is 1.05 bits per heavy atom. The van der Waals surface area contributed by atoms with Crippen molar-refractivity contribution in [3.05, 3.63) is 65.9 Å². The first-order valence-electron chi connectivity index (χ1n) is 6.75. The van der Waals surface area contributed by atoms with Crippen LogP contribution in [0, 0.1) is 0 Å². The van der Waals surface area contributed by atoms with E-state index in [0.717, 1.165) is 10.9 Å². The summed E-state index contributed by atoms with van der Waals surface area (Å²) in [6.07, 6.45) is 1.80. The van der Waals surface area contributed by atoms with Crippen molar-refractivity contribution in [1.29, 1.82) is 0 Å². The van der Waals surface area contributed by atoms with Crippen LogP contribution >= 0.6 is 0 Å². The summed E-state index contributed by atoms with van der Waals surface area (Å²) in [6.45, 7) is 0. The number of hydrogen-bond acceptors (Lipinski definition) is 3. The van der Waals surface area contributed by atoms with Gasteiger partial charge in [0.05, 0.1) is 12.7 Å². The van der Waals surface area contributed by atoms with Gasteiger partial charge in [0.25, 0.3) is 5.91 Å². The molecule has 0 unspecified atom stereocenters. The monoisotopic (exact) mass is 294 g/mol. The van der Waals surface area contributed by atoms with Crippen LogP contribution in [0.3, 0.4) is 0 Å². The summed E-state index contributed by atoms with van der Waals surface area (Å²) in [7, 11) is 1.33. The number of esters is 1. The number of rotatable bonds is 3. The van der Waals surface area contributed by atoms with Gasteiger partial charge in [-0.3, -0.25) is 4.79 Å². The van der Waals surface area contributed by atoms with Crippen LogP contribution in [0.25, 0.3) is 10.9 Å². The van der Waals surface area contributed by atoms with Crippen LogP contribution in [0.5, 0.6) is 0 Å². The molecule has 1 heterocycles. The average Bonchev–Trinajstić information content (AvgIpc) is 3.03. The summed E-state index contributed by atoms with van der Waals surface area (Å²) in [4.78, 5) is 26.8. The van der Waals surface area contributed by atoms with Crippen LogP contribution in [0.2, 0.25) is 0 Å². The van der Waals surface area contributed by atoms with E-state index in [9.17, 15) is 9.59 Å². The molecule has 0 bridgehead atoms. The zero-order chi connectivity index (χ0) is 15.5. The third-order valence-corrected chi connectivity index (χ3v) is 3.40. The number of benzene rings is 2. The smallest absolute Gasteiger partial charge is 0.337 e. The topological polar surface area (TPSA) is 71.2 Å². The third-order valence-electron chi connectivity index (χ3n) is 3.40. The highest BCUT2D eigenvalue weighted by Crippen LogP contribution is 2.19. The number of carbonyl (C=O) groups excluding carboxylic acids is 2. The van der Waals surface area contributed by atoms with Crippen molar-refractivity contribution in [3.63, 3.8) is 0 Å². The number of fused-ring (bicyclic) bond motifs is 1. The summed E-state index contributed by atoms with van der Waals surface area (Å²) in [6, 6.07) is 13.9. The van der Waals surface area contributed by atoms with Crippen LogP contribution in [0.4, 0.5) is 5.69 Å². The first-order chi connectivity index (χ1) is 10.7. The summed E-state index contributed by atoms with van der Waals surface area (Å²) >= 11 is 0. The summed E-state index contributed by atoms with van der Waals surface area (Å²) < 4.78 is 4.64. The zero-order valence-corrected chi connectivity index (χ0v) is 11.9.